The Morgan fingerprint density at radius 3 is 1.47 bits per heavy atom. The third kappa shape index (κ3) is 29.5. The normalized spacial score (nSPS) is 26.1. The molecule has 14 heteroatoms. The maximum absolute atomic E-state index is 13.2. The highest BCUT2D eigenvalue weighted by Gasteiger charge is 2.51. The van der Waals surface area contributed by atoms with Gasteiger partial charge in [0.2, 0.25) is 5.91 Å². The first-order chi connectivity index (χ1) is 35.1. The van der Waals surface area contributed by atoms with E-state index in [4.69, 9.17) is 18.9 Å². The van der Waals surface area contributed by atoms with E-state index >= 15 is 0 Å². The van der Waals surface area contributed by atoms with Crippen molar-refractivity contribution in [2.45, 2.75) is 267 Å². The maximum atomic E-state index is 13.2. The molecular formula is C58H101NO13. The highest BCUT2D eigenvalue weighted by atomic mass is 16.7. The summed E-state index contributed by atoms with van der Waals surface area (Å²) in [6, 6.07) is -0.830. The third-order valence-electron chi connectivity index (χ3n) is 13.4. The average molecular weight is 1020 g/mol. The molecule has 2 fully saturated rings. The maximum Gasteiger partial charge on any atom is 0.220 e. The van der Waals surface area contributed by atoms with Gasteiger partial charge in [-0.25, -0.2) is 0 Å². The van der Waals surface area contributed by atoms with Crippen molar-refractivity contribution in [1.82, 2.24) is 5.32 Å². The Morgan fingerprint density at radius 2 is 0.958 bits per heavy atom. The highest BCUT2D eigenvalue weighted by molar-refractivity contribution is 5.76. The van der Waals surface area contributed by atoms with Gasteiger partial charge in [0.15, 0.2) is 12.6 Å². The predicted octanol–water partition coefficient (Wildman–Crippen LogP) is 8.77. The summed E-state index contributed by atoms with van der Waals surface area (Å²) in [5.41, 5.74) is 0. The number of aliphatic hydroxyl groups is 8. The van der Waals surface area contributed by atoms with Crippen LogP contribution in [-0.2, 0) is 23.7 Å². The van der Waals surface area contributed by atoms with Crippen LogP contribution in [0, 0.1) is 0 Å². The number of hydrogen-bond acceptors (Lipinski definition) is 13. The molecule has 2 aliphatic heterocycles. The molecule has 2 saturated heterocycles. The van der Waals surface area contributed by atoms with Gasteiger partial charge in [0, 0.05) is 6.42 Å². The lowest BCUT2D eigenvalue weighted by molar-refractivity contribution is -0.359. The molecule has 0 aromatic carbocycles. The van der Waals surface area contributed by atoms with Crippen LogP contribution in [0.2, 0.25) is 0 Å². The summed E-state index contributed by atoms with van der Waals surface area (Å²) in [6.45, 7) is 2.67. The largest absolute Gasteiger partial charge is 0.394 e. The van der Waals surface area contributed by atoms with E-state index in [2.05, 4.69) is 92.1 Å². The van der Waals surface area contributed by atoms with Crippen LogP contribution in [0.25, 0.3) is 0 Å². The fourth-order valence-electron chi connectivity index (χ4n) is 8.89. The molecule has 12 atom stereocenters. The van der Waals surface area contributed by atoms with Crippen LogP contribution in [0.1, 0.15) is 194 Å². The van der Waals surface area contributed by atoms with Crippen molar-refractivity contribution in [2.75, 3.05) is 19.8 Å². The number of unbranched alkanes of at least 4 members (excludes halogenated alkanes) is 18. The van der Waals surface area contributed by atoms with E-state index in [0.29, 0.717) is 12.8 Å². The number of nitrogens with one attached hydrogen (secondary N) is 1. The molecule has 72 heavy (non-hydrogen) atoms. The minimum absolute atomic E-state index is 0.217. The number of carbonyl (C=O) groups is 1. The van der Waals surface area contributed by atoms with Crippen LogP contribution in [0.15, 0.2) is 72.9 Å². The summed E-state index contributed by atoms with van der Waals surface area (Å²) in [5.74, 6) is -0.217. The Balaban J connectivity index is 1.62. The number of aliphatic hydroxyl groups excluding tert-OH is 8. The molecule has 0 aromatic heterocycles. The summed E-state index contributed by atoms with van der Waals surface area (Å²) in [5, 5.41) is 86.7. The van der Waals surface area contributed by atoms with Crippen LogP contribution < -0.4 is 5.32 Å². The summed E-state index contributed by atoms with van der Waals surface area (Å²) in [4.78, 5) is 13.2. The van der Waals surface area contributed by atoms with E-state index in [1.54, 1.807) is 0 Å². The van der Waals surface area contributed by atoms with E-state index < -0.39 is 86.8 Å². The van der Waals surface area contributed by atoms with Crippen LogP contribution in [0.4, 0.5) is 0 Å². The molecule has 0 aromatic rings. The van der Waals surface area contributed by atoms with Crippen LogP contribution in [-0.4, -0.2) is 140 Å². The Hall–Kier alpha value is -2.57. The number of carbonyl (C=O) groups excluding carboxylic acids is 1. The second-order valence-corrected chi connectivity index (χ2v) is 19.7. The number of ether oxygens (including phenoxy) is 4. The predicted molar refractivity (Wildman–Crippen MR) is 286 cm³/mol. The van der Waals surface area contributed by atoms with Gasteiger partial charge in [0.05, 0.1) is 32.0 Å². The van der Waals surface area contributed by atoms with Gasteiger partial charge in [-0.2, -0.15) is 0 Å². The third-order valence-corrected chi connectivity index (χ3v) is 13.4. The summed E-state index contributed by atoms with van der Waals surface area (Å²) < 4.78 is 22.7. The van der Waals surface area contributed by atoms with E-state index in [1.807, 2.05) is 0 Å². The zero-order valence-electron chi connectivity index (χ0n) is 44.4. The van der Waals surface area contributed by atoms with Crippen molar-refractivity contribution in [3.05, 3.63) is 72.9 Å². The van der Waals surface area contributed by atoms with E-state index in [9.17, 15) is 45.6 Å². The van der Waals surface area contributed by atoms with Crippen molar-refractivity contribution in [1.29, 1.82) is 0 Å². The zero-order valence-corrected chi connectivity index (χ0v) is 44.4. The van der Waals surface area contributed by atoms with Crippen molar-refractivity contribution >= 4 is 5.91 Å². The summed E-state index contributed by atoms with van der Waals surface area (Å²) >= 11 is 0. The molecule has 0 radical (unpaired) electrons. The molecule has 0 spiro atoms. The molecule has 1 amide bonds. The first-order valence-electron chi connectivity index (χ1n) is 28.2. The molecule has 2 heterocycles. The molecule has 416 valence electrons. The Labute approximate surface area is 434 Å². The molecule has 0 aliphatic carbocycles. The lowest BCUT2D eigenvalue weighted by Gasteiger charge is -2.46. The lowest BCUT2D eigenvalue weighted by atomic mass is 9.97. The van der Waals surface area contributed by atoms with Crippen LogP contribution in [0.3, 0.4) is 0 Å². The number of hydrogen-bond donors (Lipinski definition) is 9. The molecule has 0 saturated carbocycles. The number of rotatable bonds is 43. The van der Waals surface area contributed by atoms with Gasteiger partial charge in [-0.05, 0) is 64.2 Å². The fourth-order valence-corrected chi connectivity index (χ4v) is 8.89. The number of allylic oxidation sites excluding steroid dienone is 12. The zero-order chi connectivity index (χ0) is 52.4. The van der Waals surface area contributed by atoms with E-state index in [0.717, 1.165) is 103 Å². The fraction of sp³-hybridized carbons (Fsp3) is 0.776. The molecule has 14 nitrogen and oxygen atoms in total. The minimum atomic E-state index is -1.78. The Morgan fingerprint density at radius 1 is 0.514 bits per heavy atom. The molecule has 0 bridgehead atoms. The van der Waals surface area contributed by atoms with E-state index in [1.165, 1.54) is 64.2 Å². The summed E-state index contributed by atoms with van der Waals surface area (Å²) in [6.07, 6.45) is 39.5. The monoisotopic (exact) mass is 1020 g/mol. The Kier molecular flexibility index (Phi) is 39.7. The average Bonchev–Trinajstić information content (AvgIpc) is 3.38. The SMILES string of the molecule is CC/C=C\C/C=C\C/C=C\C/C=C\C/C=C\C/C=C\CCCCCCCCCCCCCCC(=O)NC(COC1OC(CO)C(OC2OC(CO)C(O)C(O)C2O)C(O)C1O)C(O)CCCCCCCCC. The number of amides is 1. The smallest absolute Gasteiger partial charge is 0.220 e. The highest BCUT2D eigenvalue weighted by Crippen LogP contribution is 2.30. The quantitative estimate of drug-likeness (QED) is 0.0206. The second kappa shape index (κ2) is 43.6. The first kappa shape index (κ1) is 65.5. The van der Waals surface area contributed by atoms with E-state index in [-0.39, 0.29) is 12.5 Å². The van der Waals surface area contributed by atoms with Gasteiger partial charge in [0.25, 0.3) is 0 Å². The van der Waals surface area contributed by atoms with Crippen molar-refractivity contribution in [3.63, 3.8) is 0 Å². The molecule has 9 N–H and O–H groups in total. The summed E-state index contributed by atoms with van der Waals surface area (Å²) in [7, 11) is 0. The van der Waals surface area contributed by atoms with Gasteiger partial charge in [-0.1, -0.05) is 196 Å². The second-order valence-electron chi connectivity index (χ2n) is 19.7. The molecule has 2 rings (SSSR count). The van der Waals surface area contributed by atoms with Crippen molar-refractivity contribution < 1.29 is 64.6 Å². The standard InChI is InChI=1S/C58H101NO13/c1-3-5-7-9-11-12-13-14-15-16-17-18-19-20-21-22-23-24-25-26-27-28-29-30-31-32-33-34-36-38-40-42-50(63)59-46(47(62)41-39-37-35-10-8-6-4-2)45-69-57-55(68)53(66)56(49(44-61)71-57)72-58-54(67)52(65)51(64)48(43-60)70-58/h5,7,11-12,14-15,17-18,20-21,23-24,46-49,51-58,60-62,64-68H,3-4,6,8-10,13,16,19,22,25-45H2,1-2H3,(H,59,63)/b7-5-,12-11-,15-14-,18-17-,21-20-,24-23-. The van der Waals surface area contributed by atoms with Crippen LogP contribution >= 0.6 is 0 Å². The minimum Gasteiger partial charge on any atom is -0.394 e. The van der Waals surface area contributed by atoms with Gasteiger partial charge >= 0.3 is 0 Å². The Bertz CT molecular complexity index is 1480. The first-order valence-corrected chi connectivity index (χ1v) is 28.2. The molecule has 12 unspecified atom stereocenters. The van der Waals surface area contributed by atoms with Crippen molar-refractivity contribution in [2.24, 2.45) is 0 Å². The molecular weight excluding hydrogens is 919 g/mol. The molecule has 2 aliphatic rings. The van der Waals surface area contributed by atoms with Gasteiger partial charge in [-0.3, -0.25) is 4.79 Å². The van der Waals surface area contributed by atoms with Crippen molar-refractivity contribution in [3.8, 4) is 0 Å². The van der Waals surface area contributed by atoms with Crippen LogP contribution in [0.5, 0.6) is 0 Å². The topological polar surface area (TPSA) is 228 Å². The van der Waals surface area contributed by atoms with Gasteiger partial charge < -0.3 is 65.1 Å². The van der Waals surface area contributed by atoms with Gasteiger partial charge in [-0.15, -0.1) is 0 Å². The van der Waals surface area contributed by atoms with Gasteiger partial charge in [0.1, 0.15) is 48.8 Å². The lowest BCUT2D eigenvalue weighted by Crippen LogP contribution is -2.65.